The van der Waals surface area contributed by atoms with Crippen LogP contribution in [0.15, 0.2) is 65.3 Å². The van der Waals surface area contributed by atoms with E-state index in [1.165, 1.54) is 5.56 Å². The highest BCUT2D eigenvalue weighted by Crippen LogP contribution is 2.24. The van der Waals surface area contributed by atoms with Gasteiger partial charge in [-0.25, -0.2) is 4.68 Å². The van der Waals surface area contributed by atoms with Crippen LogP contribution >= 0.6 is 0 Å². The summed E-state index contributed by atoms with van der Waals surface area (Å²) in [5.74, 6) is 1.21. The van der Waals surface area contributed by atoms with Crippen LogP contribution in [0.4, 0.5) is 0 Å². The second kappa shape index (κ2) is 9.23. The van der Waals surface area contributed by atoms with Gasteiger partial charge in [-0.2, -0.15) is 10.1 Å². The molecule has 174 valence electrons. The second-order valence-corrected chi connectivity index (χ2v) is 8.72. The molecule has 8 heteroatoms. The number of piperazine rings is 1. The van der Waals surface area contributed by atoms with Crippen molar-refractivity contribution in [3.8, 4) is 17.1 Å². The fourth-order valence-electron chi connectivity index (χ4n) is 4.31. The smallest absolute Gasteiger partial charge is 0.257 e. The molecule has 1 atom stereocenters. The van der Waals surface area contributed by atoms with E-state index in [0.29, 0.717) is 30.4 Å². The van der Waals surface area contributed by atoms with E-state index in [9.17, 15) is 4.79 Å². The third-order valence-electron chi connectivity index (χ3n) is 6.50. The lowest BCUT2D eigenvalue weighted by Crippen LogP contribution is -2.49. The predicted octanol–water partition coefficient (Wildman–Crippen LogP) is 4.06. The van der Waals surface area contributed by atoms with Gasteiger partial charge < -0.3 is 9.42 Å². The van der Waals surface area contributed by atoms with Crippen LogP contribution in [0.3, 0.4) is 0 Å². The number of carbonyl (C=O) groups is 1. The Labute approximate surface area is 198 Å². The zero-order chi connectivity index (χ0) is 23.7. The van der Waals surface area contributed by atoms with E-state index in [4.69, 9.17) is 4.52 Å². The molecule has 4 aromatic rings. The molecule has 0 radical (unpaired) electrons. The first-order chi connectivity index (χ1) is 16.5. The van der Waals surface area contributed by atoms with Crippen molar-refractivity contribution < 1.29 is 9.32 Å². The quantitative estimate of drug-likeness (QED) is 0.451. The summed E-state index contributed by atoms with van der Waals surface area (Å²) in [6.07, 6.45) is 1.67. The molecule has 1 aliphatic heterocycles. The number of benzene rings is 2. The van der Waals surface area contributed by atoms with Crippen molar-refractivity contribution in [1.82, 2.24) is 29.7 Å². The lowest BCUT2D eigenvalue weighted by atomic mass is 10.1. The predicted molar refractivity (Wildman–Crippen MR) is 129 cm³/mol. The molecular weight excluding hydrogens is 428 g/mol. The number of aryl methyl sites for hydroxylation is 1. The topological polar surface area (TPSA) is 80.3 Å². The molecule has 8 nitrogen and oxygen atoms in total. The Balaban J connectivity index is 1.22. The Bertz CT molecular complexity index is 1270. The molecule has 0 bridgehead atoms. The van der Waals surface area contributed by atoms with Gasteiger partial charge in [-0.05, 0) is 32.9 Å². The van der Waals surface area contributed by atoms with Crippen molar-refractivity contribution in [2.24, 2.45) is 0 Å². The van der Waals surface area contributed by atoms with Crippen LogP contribution < -0.4 is 0 Å². The molecule has 3 heterocycles. The first-order valence-electron chi connectivity index (χ1n) is 11.6. The molecule has 0 spiro atoms. The summed E-state index contributed by atoms with van der Waals surface area (Å²) in [5.41, 5.74) is 4.57. The van der Waals surface area contributed by atoms with Crippen molar-refractivity contribution in [3.63, 3.8) is 0 Å². The van der Waals surface area contributed by atoms with Gasteiger partial charge in [-0.15, -0.1) is 0 Å². The molecule has 0 saturated carbocycles. The fraction of sp³-hybridized carbons (Fsp3) is 0.308. The number of nitrogens with zero attached hydrogens (tertiary/aromatic N) is 6. The third kappa shape index (κ3) is 4.24. The summed E-state index contributed by atoms with van der Waals surface area (Å²) in [7, 11) is 0. The summed E-state index contributed by atoms with van der Waals surface area (Å²) in [5, 5.41) is 8.61. The van der Waals surface area contributed by atoms with Gasteiger partial charge >= 0.3 is 0 Å². The van der Waals surface area contributed by atoms with Crippen molar-refractivity contribution in [3.05, 3.63) is 83.5 Å². The molecule has 2 aromatic heterocycles. The number of amides is 1. The molecule has 1 fully saturated rings. The number of carbonyl (C=O) groups excluding carboxylic acids is 1. The van der Waals surface area contributed by atoms with E-state index in [2.05, 4.69) is 34.0 Å². The first kappa shape index (κ1) is 22.0. The summed E-state index contributed by atoms with van der Waals surface area (Å²) in [4.78, 5) is 22.0. The van der Waals surface area contributed by atoms with Crippen LogP contribution in [-0.4, -0.2) is 61.8 Å². The standard InChI is InChI=1S/C26H28N6O2/c1-18-9-11-21(12-10-18)24-28-25(34-29-24)20(3)30-13-15-31(16-14-30)26(33)23-17-27-32(19(23)2)22-7-5-4-6-8-22/h4-12,17,20H,13-16H2,1-3H3. The van der Waals surface area contributed by atoms with E-state index in [-0.39, 0.29) is 11.9 Å². The van der Waals surface area contributed by atoms with Gasteiger partial charge in [0.1, 0.15) is 0 Å². The molecule has 1 unspecified atom stereocenters. The second-order valence-electron chi connectivity index (χ2n) is 8.72. The minimum Gasteiger partial charge on any atom is -0.337 e. The van der Waals surface area contributed by atoms with Crippen LogP contribution in [0, 0.1) is 13.8 Å². The molecule has 1 aliphatic rings. The Morgan fingerprint density at radius 3 is 2.38 bits per heavy atom. The van der Waals surface area contributed by atoms with Gasteiger partial charge in [0.15, 0.2) is 0 Å². The lowest BCUT2D eigenvalue weighted by molar-refractivity contribution is 0.0551. The average molecular weight is 457 g/mol. The fourth-order valence-corrected chi connectivity index (χ4v) is 4.31. The van der Waals surface area contributed by atoms with Crippen LogP contribution in [0.5, 0.6) is 0 Å². The Kier molecular flexibility index (Phi) is 5.98. The maximum Gasteiger partial charge on any atom is 0.257 e. The number of aromatic nitrogens is 4. The Morgan fingerprint density at radius 2 is 1.68 bits per heavy atom. The Hall–Kier alpha value is -3.78. The molecule has 0 aliphatic carbocycles. The van der Waals surface area contributed by atoms with Crippen molar-refractivity contribution >= 4 is 5.91 Å². The molecule has 2 aromatic carbocycles. The van der Waals surface area contributed by atoms with Gasteiger partial charge in [0.05, 0.1) is 29.2 Å². The molecule has 0 N–H and O–H groups in total. The summed E-state index contributed by atoms with van der Waals surface area (Å²) < 4.78 is 7.39. The van der Waals surface area contributed by atoms with Crippen molar-refractivity contribution in [2.75, 3.05) is 26.2 Å². The lowest BCUT2D eigenvalue weighted by Gasteiger charge is -2.36. The van der Waals surface area contributed by atoms with Crippen LogP contribution in [0.25, 0.3) is 17.1 Å². The molecule has 5 rings (SSSR count). The van der Waals surface area contributed by atoms with Gasteiger partial charge in [0.25, 0.3) is 5.91 Å². The maximum absolute atomic E-state index is 13.2. The molecular formula is C26H28N6O2. The SMILES string of the molecule is Cc1ccc(-c2noc(C(C)N3CCN(C(=O)c4cnn(-c5ccccc5)c4C)CC3)n2)cc1. The number of rotatable bonds is 5. The van der Waals surface area contributed by atoms with E-state index in [1.54, 1.807) is 6.20 Å². The number of para-hydroxylation sites is 1. The summed E-state index contributed by atoms with van der Waals surface area (Å²) >= 11 is 0. The normalized spacial score (nSPS) is 15.4. The minimum atomic E-state index is -0.0217. The zero-order valence-electron chi connectivity index (χ0n) is 19.7. The van der Waals surface area contributed by atoms with Crippen LogP contribution in [0.2, 0.25) is 0 Å². The number of hydrogen-bond acceptors (Lipinski definition) is 6. The van der Waals surface area contributed by atoms with E-state index >= 15 is 0 Å². The van der Waals surface area contributed by atoms with E-state index < -0.39 is 0 Å². The van der Waals surface area contributed by atoms with Gasteiger partial charge in [-0.3, -0.25) is 9.69 Å². The highest BCUT2D eigenvalue weighted by atomic mass is 16.5. The molecule has 34 heavy (non-hydrogen) atoms. The number of hydrogen-bond donors (Lipinski definition) is 0. The Morgan fingerprint density at radius 1 is 0.971 bits per heavy atom. The van der Waals surface area contributed by atoms with Gasteiger partial charge in [0.2, 0.25) is 11.7 Å². The molecule has 1 amide bonds. The highest BCUT2D eigenvalue weighted by Gasteiger charge is 2.29. The molecule has 1 saturated heterocycles. The summed E-state index contributed by atoms with van der Waals surface area (Å²) in [6.45, 7) is 8.80. The summed E-state index contributed by atoms with van der Waals surface area (Å²) in [6, 6.07) is 17.9. The minimum absolute atomic E-state index is 0.0198. The monoisotopic (exact) mass is 456 g/mol. The van der Waals surface area contributed by atoms with Crippen molar-refractivity contribution in [2.45, 2.75) is 26.8 Å². The van der Waals surface area contributed by atoms with Gasteiger partial charge in [-0.1, -0.05) is 53.2 Å². The maximum atomic E-state index is 13.2. The zero-order valence-corrected chi connectivity index (χ0v) is 19.7. The van der Waals surface area contributed by atoms with Gasteiger partial charge in [0, 0.05) is 31.7 Å². The van der Waals surface area contributed by atoms with E-state index in [1.807, 2.05) is 71.1 Å². The van der Waals surface area contributed by atoms with E-state index in [0.717, 1.165) is 30.0 Å². The van der Waals surface area contributed by atoms with Crippen molar-refractivity contribution in [1.29, 1.82) is 0 Å². The van der Waals surface area contributed by atoms with Crippen LogP contribution in [0.1, 0.15) is 40.5 Å². The third-order valence-corrected chi connectivity index (χ3v) is 6.50. The van der Waals surface area contributed by atoms with Crippen LogP contribution in [-0.2, 0) is 0 Å². The largest absolute Gasteiger partial charge is 0.337 e. The average Bonchev–Trinajstić information content (AvgIpc) is 3.52. The first-order valence-corrected chi connectivity index (χ1v) is 11.6. The highest BCUT2D eigenvalue weighted by molar-refractivity contribution is 5.95.